The van der Waals surface area contributed by atoms with Gasteiger partial charge in [-0.1, -0.05) is 12.8 Å². The van der Waals surface area contributed by atoms with Crippen molar-refractivity contribution < 1.29 is 38.2 Å². The first kappa shape index (κ1) is 46.5. The predicted octanol–water partition coefficient (Wildman–Crippen LogP) is -1.73. The molecule has 0 rings (SSSR count). The van der Waals surface area contributed by atoms with Gasteiger partial charge in [0, 0.05) is 32.8 Å². The van der Waals surface area contributed by atoms with Gasteiger partial charge in [-0.25, -0.2) is 5.48 Å². The lowest BCUT2D eigenvalue weighted by Gasteiger charge is -2.21. The summed E-state index contributed by atoms with van der Waals surface area (Å²) in [5.41, 5.74) is 25.8. The van der Waals surface area contributed by atoms with Gasteiger partial charge in [0.25, 0.3) is 0 Å². The van der Waals surface area contributed by atoms with Gasteiger partial charge in [-0.2, -0.15) is 0 Å². The Morgan fingerprint density at radius 3 is 1.69 bits per heavy atom. The van der Waals surface area contributed by atoms with E-state index in [1.807, 2.05) is 6.92 Å². The van der Waals surface area contributed by atoms with Crippen LogP contribution in [0.5, 0.6) is 0 Å². The molecule has 0 radical (unpaired) electrons. The lowest BCUT2D eigenvalue weighted by atomic mass is 10.1. The molecule has 0 aromatic heterocycles. The van der Waals surface area contributed by atoms with Crippen LogP contribution in [0.15, 0.2) is 0 Å². The van der Waals surface area contributed by atoms with Crippen molar-refractivity contribution in [3.05, 3.63) is 0 Å². The van der Waals surface area contributed by atoms with Crippen molar-refractivity contribution in [2.75, 3.05) is 85.5 Å². The van der Waals surface area contributed by atoms with E-state index in [4.69, 9.17) is 42.0 Å². The molecule has 0 saturated heterocycles. The van der Waals surface area contributed by atoms with Crippen LogP contribution in [0.4, 0.5) is 0 Å². The SMILES string of the molecule is CCONCCCOCCOCCOCCCNC(=O)CNC(=O)[C@H](CCCCNC(=O)[C@@H](N)CCCCN)NC(=O)C(N)CCCCN. The Labute approximate surface area is 292 Å². The number of unbranched alkanes of at least 4 members (excludes halogenated alkanes) is 3. The third-order valence-electron chi connectivity index (χ3n) is 7.23. The van der Waals surface area contributed by atoms with Gasteiger partial charge in [-0.05, 0) is 77.8 Å². The van der Waals surface area contributed by atoms with E-state index < -0.39 is 29.9 Å². The zero-order valence-electron chi connectivity index (χ0n) is 29.8. The molecule has 0 bridgehead atoms. The number of nitrogens with one attached hydrogen (secondary N) is 5. The quantitative estimate of drug-likeness (QED) is 0.0263. The second-order valence-corrected chi connectivity index (χ2v) is 11.6. The van der Waals surface area contributed by atoms with Crippen molar-refractivity contribution in [2.24, 2.45) is 22.9 Å². The van der Waals surface area contributed by atoms with Crippen molar-refractivity contribution in [2.45, 2.75) is 95.7 Å². The fraction of sp³-hybridized carbons (Fsp3) is 0.875. The molecule has 17 nitrogen and oxygen atoms in total. The maximum absolute atomic E-state index is 13.0. The Bertz CT molecular complexity index is 844. The molecule has 1 unspecified atom stereocenters. The van der Waals surface area contributed by atoms with Crippen LogP contribution in [-0.2, 0) is 38.2 Å². The van der Waals surface area contributed by atoms with E-state index in [1.165, 1.54) is 0 Å². The van der Waals surface area contributed by atoms with Crippen molar-refractivity contribution >= 4 is 23.6 Å². The molecule has 0 heterocycles. The topological polar surface area (TPSA) is 269 Å². The average molecular weight is 706 g/mol. The van der Waals surface area contributed by atoms with Crippen LogP contribution in [0.25, 0.3) is 0 Å². The fourth-order valence-electron chi connectivity index (χ4n) is 4.36. The van der Waals surface area contributed by atoms with Crippen LogP contribution in [0.2, 0.25) is 0 Å². The van der Waals surface area contributed by atoms with E-state index in [9.17, 15) is 19.2 Å². The second kappa shape index (κ2) is 34.0. The molecular formula is C32H67N9O8. The highest BCUT2D eigenvalue weighted by Gasteiger charge is 2.24. The summed E-state index contributed by atoms with van der Waals surface area (Å²) in [6, 6.07) is -2.26. The normalized spacial score (nSPS) is 13.0. The zero-order chi connectivity index (χ0) is 36.4. The van der Waals surface area contributed by atoms with Gasteiger partial charge in [0.05, 0.1) is 51.7 Å². The number of nitrogens with two attached hydrogens (primary N) is 4. The molecule has 288 valence electrons. The van der Waals surface area contributed by atoms with Crippen molar-refractivity contribution in [3.8, 4) is 0 Å². The molecule has 0 spiro atoms. The van der Waals surface area contributed by atoms with Crippen LogP contribution < -0.4 is 49.7 Å². The minimum Gasteiger partial charge on any atom is -0.379 e. The monoisotopic (exact) mass is 706 g/mol. The molecule has 0 aliphatic rings. The Balaban J connectivity index is 4.32. The second-order valence-electron chi connectivity index (χ2n) is 11.6. The van der Waals surface area contributed by atoms with Crippen LogP contribution in [0, 0.1) is 0 Å². The summed E-state index contributed by atoms with van der Waals surface area (Å²) in [4.78, 5) is 55.2. The van der Waals surface area contributed by atoms with Gasteiger partial charge in [0.15, 0.2) is 0 Å². The zero-order valence-corrected chi connectivity index (χ0v) is 29.8. The summed E-state index contributed by atoms with van der Waals surface area (Å²) in [5.74, 6) is -1.53. The number of ether oxygens (including phenoxy) is 3. The average Bonchev–Trinajstić information content (AvgIpc) is 3.09. The summed E-state index contributed by atoms with van der Waals surface area (Å²) >= 11 is 0. The van der Waals surface area contributed by atoms with Crippen molar-refractivity contribution in [1.29, 1.82) is 0 Å². The van der Waals surface area contributed by atoms with Crippen LogP contribution in [-0.4, -0.2) is 127 Å². The third-order valence-corrected chi connectivity index (χ3v) is 7.23. The number of hydroxylamine groups is 1. The fourth-order valence-corrected chi connectivity index (χ4v) is 4.36. The molecule has 0 aromatic carbocycles. The standard InChI is InChI=1S/C32H67N9O8/c1-2-49-40-18-10-20-47-22-24-48-23-21-46-19-9-17-37-29(42)25-39-32(45)28(41-31(44)27(36)12-4-7-15-34)13-5-8-16-38-30(43)26(35)11-3-6-14-33/h26-28,40H,2-25,33-36H2,1H3,(H,37,42)(H,38,43)(H,39,45)(H,41,44)/t26-,27?,28-/m0/s1. The highest BCUT2D eigenvalue weighted by molar-refractivity contribution is 5.91. The van der Waals surface area contributed by atoms with Gasteiger partial charge in [-0.15, -0.1) is 0 Å². The Kier molecular flexibility index (Phi) is 32.3. The molecular weight excluding hydrogens is 638 g/mol. The number of carbonyl (C=O) groups is 4. The number of hydrogen-bond donors (Lipinski definition) is 9. The molecule has 0 aliphatic heterocycles. The van der Waals surface area contributed by atoms with E-state index in [1.54, 1.807) is 0 Å². The summed E-state index contributed by atoms with van der Waals surface area (Å²) in [6.07, 6.45) is 6.88. The predicted molar refractivity (Wildman–Crippen MR) is 188 cm³/mol. The highest BCUT2D eigenvalue weighted by atomic mass is 16.6. The van der Waals surface area contributed by atoms with E-state index in [-0.39, 0.29) is 18.4 Å². The minimum atomic E-state index is -0.889. The lowest BCUT2D eigenvalue weighted by Crippen LogP contribution is -2.52. The smallest absolute Gasteiger partial charge is 0.243 e. The molecule has 49 heavy (non-hydrogen) atoms. The molecule has 3 atom stereocenters. The maximum atomic E-state index is 13.0. The molecule has 17 heteroatoms. The van der Waals surface area contributed by atoms with E-state index in [0.717, 1.165) is 32.2 Å². The summed E-state index contributed by atoms with van der Waals surface area (Å²) < 4.78 is 16.4. The minimum absolute atomic E-state index is 0.231. The van der Waals surface area contributed by atoms with Gasteiger partial charge in [0.1, 0.15) is 6.04 Å². The molecule has 0 saturated carbocycles. The first-order valence-electron chi connectivity index (χ1n) is 17.9. The van der Waals surface area contributed by atoms with E-state index in [0.29, 0.717) is 117 Å². The van der Waals surface area contributed by atoms with Crippen LogP contribution >= 0.6 is 0 Å². The first-order valence-corrected chi connectivity index (χ1v) is 17.9. The number of carbonyl (C=O) groups excluding carboxylic acids is 4. The molecule has 0 aliphatic carbocycles. The number of rotatable bonds is 35. The van der Waals surface area contributed by atoms with Crippen molar-refractivity contribution in [1.82, 2.24) is 26.7 Å². The largest absolute Gasteiger partial charge is 0.379 e. The van der Waals surface area contributed by atoms with Crippen LogP contribution in [0.3, 0.4) is 0 Å². The molecule has 0 fully saturated rings. The van der Waals surface area contributed by atoms with Crippen LogP contribution in [0.1, 0.15) is 77.6 Å². The number of amides is 4. The van der Waals surface area contributed by atoms with E-state index >= 15 is 0 Å². The highest BCUT2D eigenvalue weighted by Crippen LogP contribution is 2.05. The van der Waals surface area contributed by atoms with Gasteiger partial charge in [0.2, 0.25) is 23.6 Å². The molecule has 0 aromatic rings. The first-order chi connectivity index (χ1) is 23.8. The van der Waals surface area contributed by atoms with Crippen molar-refractivity contribution in [3.63, 3.8) is 0 Å². The Morgan fingerprint density at radius 2 is 1.10 bits per heavy atom. The summed E-state index contributed by atoms with van der Waals surface area (Å²) in [5, 5.41) is 10.9. The van der Waals surface area contributed by atoms with Gasteiger partial charge < -0.3 is 63.3 Å². The number of hydrogen-bond acceptors (Lipinski definition) is 13. The Hall–Kier alpha value is -2.48. The van der Waals surface area contributed by atoms with E-state index in [2.05, 4.69) is 26.7 Å². The molecule has 13 N–H and O–H groups in total. The lowest BCUT2D eigenvalue weighted by molar-refractivity contribution is -0.131. The molecule has 4 amide bonds. The maximum Gasteiger partial charge on any atom is 0.243 e. The van der Waals surface area contributed by atoms with Gasteiger partial charge in [-0.3, -0.25) is 19.2 Å². The summed E-state index contributed by atoms with van der Waals surface area (Å²) in [7, 11) is 0. The third kappa shape index (κ3) is 29.0. The van der Waals surface area contributed by atoms with Gasteiger partial charge >= 0.3 is 0 Å². The summed E-state index contributed by atoms with van der Waals surface area (Å²) in [6.45, 7) is 7.81. The Morgan fingerprint density at radius 1 is 0.571 bits per heavy atom.